The maximum atomic E-state index is 4.64. The fraction of sp³-hybridized carbons (Fsp3) is 0.250. The van der Waals surface area contributed by atoms with Gasteiger partial charge in [0, 0.05) is 36.1 Å². The van der Waals surface area contributed by atoms with Gasteiger partial charge in [-0.15, -0.1) is 0 Å². The third-order valence-corrected chi connectivity index (χ3v) is 3.49. The number of nitrogens with one attached hydrogen (secondary N) is 2. The summed E-state index contributed by atoms with van der Waals surface area (Å²) in [5, 5.41) is 6.73. The first-order valence-corrected chi connectivity index (χ1v) is 8.35. The number of pyridine rings is 1. The average molecular weight is 333 g/mol. The molecule has 0 saturated carbocycles. The van der Waals surface area contributed by atoms with Crippen molar-refractivity contribution in [3.8, 4) is 11.3 Å². The molecular weight excluding hydrogens is 310 g/mol. The van der Waals surface area contributed by atoms with Crippen molar-refractivity contribution in [3.05, 3.63) is 66.5 Å². The van der Waals surface area contributed by atoms with E-state index in [9.17, 15) is 0 Å². The molecule has 0 fully saturated rings. The normalized spacial score (nSPS) is 11.2. The highest BCUT2D eigenvalue weighted by Crippen LogP contribution is 2.22. The molecule has 0 aliphatic carbocycles. The summed E-state index contributed by atoms with van der Waals surface area (Å²) in [4.78, 5) is 13.4. The van der Waals surface area contributed by atoms with E-state index in [1.165, 1.54) is 5.56 Å². The van der Waals surface area contributed by atoms with E-state index in [1.54, 1.807) is 6.20 Å². The molecule has 0 bridgehead atoms. The van der Waals surface area contributed by atoms with Crippen LogP contribution < -0.4 is 10.6 Å². The van der Waals surface area contributed by atoms with E-state index in [0.717, 1.165) is 17.1 Å². The van der Waals surface area contributed by atoms with E-state index < -0.39 is 0 Å². The highest BCUT2D eigenvalue weighted by molar-refractivity contribution is 5.63. The fourth-order valence-corrected chi connectivity index (χ4v) is 2.38. The molecule has 3 aromatic rings. The van der Waals surface area contributed by atoms with Crippen LogP contribution in [0.25, 0.3) is 11.3 Å². The third-order valence-electron chi connectivity index (χ3n) is 3.49. The highest BCUT2D eigenvalue weighted by Gasteiger charge is 2.14. The molecule has 0 spiro atoms. The fourth-order valence-electron chi connectivity index (χ4n) is 2.38. The monoisotopic (exact) mass is 333 g/mol. The summed E-state index contributed by atoms with van der Waals surface area (Å²) in [7, 11) is 0. The van der Waals surface area contributed by atoms with Gasteiger partial charge in [-0.3, -0.25) is 4.98 Å². The average Bonchev–Trinajstić information content (AvgIpc) is 2.60. The smallest absolute Gasteiger partial charge is 0.225 e. The summed E-state index contributed by atoms with van der Waals surface area (Å²) in [5.74, 6) is 1.38. The van der Waals surface area contributed by atoms with Crippen LogP contribution in [0.5, 0.6) is 0 Å². The number of hydrogen-bond donors (Lipinski definition) is 2. The zero-order chi connectivity index (χ0) is 17.7. The molecule has 0 aliphatic rings. The van der Waals surface area contributed by atoms with Crippen LogP contribution in [0.1, 0.15) is 26.3 Å². The Morgan fingerprint density at radius 3 is 2.44 bits per heavy atom. The molecule has 0 atom stereocenters. The van der Waals surface area contributed by atoms with Crippen LogP contribution >= 0.6 is 0 Å². The molecule has 0 unspecified atom stereocenters. The molecule has 0 radical (unpaired) electrons. The second-order valence-electron chi connectivity index (χ2n) is 6.92. The van der Waals surface area contributed by atoms with Crippen molar-refractivity contribution in [2.24, 2.45) is 0 Å². The molecular formula is C20H23N5. The van der Waals surface area contributed by atoms with Gasteiger partial charge in [0.1, 0.15) is 5.82 Å². The molecule has 2 heterocycles. The molecule has 5 nitrogen and oxygen atoms in total. The molecule has 0 saturated heterocycles. The lowest BCUT2D eigenvalue weighted by atomic mass is 10.1. The zero-order valence-electron chi connectivity index (χ0n) is 14.8. The van der Waals surface area contributed by atoms with E-state index in [4.69, 9.17) is 0 Å². The van der Waals surface area contributed by atoms with Crippen molar-refractivity contribution in [1.29, 1.82) is 0 Å². The zero-order valence-corrected chi connectivity index (χ0v) is 14.8. The second-order valence-corrected chi connectivity index (χ2v) is 6.92. The number of anilines is 2. The summed E-state index contributed by atoms with van der Waals surface area (Å²) >= 11 is 0. The van der Waals surface area contributed by atoms with E-state index in [0.29, 0.717) is 12.5 Å². The Morgan fingerprint density at radius 1 is 0.960 bits per heavy atom. The Labute approximate surface area is 148 Å². The first-order valence-electron chi connectivity index (χ1n) is 8.35. The second kappa shape index (κ2) is 7.30. The first-order chi connectivity index (χ1) is 12.0. The van der Waals surface area contributed by atoms with Crippen LogP contribution in [0.2, 0.25) is 0 Å². The molecule has 128 valence electrons. The Hall–Kier alpha value is -2.95. The Bertz CT molecular complexity index is 810. The molecule has 0 amide bonds. The first kappa shape index (κ1) is 16.9. The summed E-state index contributed by atoms with van der Waals surface area (Å²) in [6, 6.07) is 16.1. The molecule has 1 aromatic carbocycles. The van der Waals surface area contributed by atoms with Crippen LogP contribution in [0.4, 0.5) is 11.8 Å². The van der Waals surface area contributed by atoms with E-state index in [2.05, 4.69) is 58.5 Å². The van der Waals surface area contributed by atoms with Crippen molar-refractivity contribution in [3.63, 3.8) is 0 Å². The van der Waals surface area contributed by atoms with Crippen molar-refractivity contribution in [2.45, 2.75) is 32.9 Å². The summed E-state index contributed by atoms with van der Waals surface area (Å²) in [5.41, 5.74) is 2.88. The lowest BCUT2D eigenvalue weighted by Crippen LogP contribution is -2.27. The summed E-state index contributed by atoms with van der Waals surface area (Å²) in [6.45, 7) is 6.97. The van der Waals surface area contributed by atoms with Crippen molar-refractivity contribution in [1.82, 2.24) is 15.0 Å². The lowest BCUT2D eigenvalue weighted by molar-refractivity contribution is 0.626. The van der Waals surface area contributed by atoms with Crippen molar-refractivity contribution in [2.75, 3.05) is 10.6 Å². The predicted octanol–water partition coefficient (Wildman–Crippen LogP) is 4.36. The van der Waals surface area contributed by atoms with Crippen LogP contribution in [0.15, 0.2) is 60.9 Å². The third kappa shape index (κ3) is 5.01. The lowest BCUT2D eigenvalue weighted by Gasteiger charge is -2.21. The highest BCUT2D eigenvalue weighted by atomic mass is 15.2. The van der Waals surface area contributed by atoms with E-state index in [-0.39, 0.29) is 5.54 Å². The summed E-state index contributed by atoms with van der Waals surface area (Å²) in [6.07, 6.45) is 3.57. The van der Waals surface area contributed by atoms with Gasteiger partial charge in [0.25, 0.3) is 0 Å². The van der Waals surface area contributed by atoms with Gasteiger partial charge in [-0.2, -0.15) is 4.98 Å². The van der Waals surface area contributed by atoms with E-state index in [1.807, 2.05) is 42.6 Å². The molecule has 0 aliphatic heterocycles. The largest absolute Gasteiger partial charge is 0.366 e. The van der Waals surface area contributed by atoms with E-state index >= 15 is 0 Å². The summed E-state index contributed by atoms with van der Waals surface area (Å²) < 4.78 is 0. The predicted molar refractivity (Wildman–Crippen MR) is 102 cm³/mol. The van der Waals surface area contributed by atoms with Crippen LogP contribution in [0.3, 0.4) is 0 Å². The van der Waals surface area contributed by atoms with Crippen LogP contribution in [-0.2, 0) is 6.54 Å². The van der Waals surface area contributed by atoms with Gasteiger partial charge in [-0.25, -0.2) is 4.98 Å². The van der Waals surface area contributed by atoms with Crippen LogP contribution in [0, 0.1) is 0 Å². The van der Waals surface area contributed by atoms with Gasteiger partial charge < -0.3 is 10.6 Å². The van der Waals surface area contributed by atoms with Gasteiger partial charge >= 0.3 is 0 Å². The molecule has 5 heteroatoms. The van der Waals surface area contributed by atoms with Gasteiger partial charge in [0.2, 0.25) is 5.95 Å². The molecule has 25 heavy (non-hydrogen) atoms. The van der Waals surface area contributed by atoms with Crippen molar-refractivity contribution < 1.29 is 0 Å². The Morgan fingerprint density at radius 2 is 1.76 bits per heavy atom. The minimum atomic E-state index is -0.121. The van der Waals surface area contributed by atoms with Crippen LogP contribution in [-0.4, -0.2) is 20.5 Å². The quantitative estimate of drug-likeness (QED) is 0.726. The SMILES string of the molecule is CC(C)(C)Nc1nc(NCc2ccccc2)cc(-c2cccnc2)n1. The Kier molecular flexibility index (Phi) is 4.93. The maximum absolute atomic E-state index is 4.64. The molecule has 2 aromatic heterocycles. The number of hydrogen-bond acceptors (Lipinski definition) is 5. The number of benzene rings is 1. The minimum Gasteiger partial charge on any atom is -0.366 e. The maximum Gasteiger partial charge on any atom is 0.225 e. The van der Waals surface area contributed by atoms with Crippen molar-refractivity contribution >= 4 is 11.8 Å². The number of aromatic nitrogens is 3. The minimum absolute atomic E-state index is 0.121. The van der Waals surface area contributed by atoms with Gasteiger partial charge in [0.15, 0.2) is 0 Å². The molecule has 3 rings (SSSR count). The number of nitrogens with zero attached hydrogens (tertiary/aromatic N) is 3. The van der Waals surface area contributed by atoms with Gasteiger partial charge in [-0.05, 0) is 38.5 Å². The number of rotatable bonds is 5. The van der Waals surface area contributed by atoms with Gasteiger partial charge in [-0.1, -0.05) is 30.3 Å². The standard InChI is InChI=1S/C20H23N5/c1-20(2,3)25-19-23-17(16-10-7-11-21-14-16)12-18(24-19)22-13-15-8-5-4-6-9-15/h4-12,14H,13H2,1-3H3,(H2,22,23,24,25). The topological polar surface area (TPSA) is 62.7 Å². The molecule has 2 N–H and O–H groups in total. The van der Waals surface area contributed by atoms with Gasteiger partial charge in [0.05, 0.1) is 5.69 Å². The Balaban J connectivity index is 1.89.